The summed E-state index contributed by atoms with van der Waals surface area (Å²) >= 11 is 6.24. The van der Waals surface area contributed by atoms with Gasteiger partial charge in [0.2, 0.25) is 0 Å². The summed E-state index contributed by atoms with van der Waals surface area (Å²) < 4.78 is 6.76. The van der Waals surface area contributed by atoms with E-state index in [1.807, 2.05) is 39.0 Å². The standard InChI is InChI=1S/C15H17ClN2O3/c1-15(2,3)13-11(16)12(14(19)20)17-18(13)9-6-5-7-10(8-9)21-4/h5-8H,1-4H3,(H,19,20). The highest BCUT2D eigenvalue weighted by molar-refractivity contribution is 6.34. The number of carboxylic acid groups (broad SMARTS) is 1. The molecule has 112 valence electrons. The number of nitrogens with zero attached hydrogens (tertiary/aromatic N) is 2. The SMILES string of the molecule is COc1cccc(-n2nc(C(=O)O)c(Cl)c2C(C)(C)C)c1. The molecular weight excluding hydrogens is 292 g/mol. The quantitative estimate of drug-likeness (QED) is 0.942. The zero-order valence-corrected chi connectivity index (χ0v) is 13.1. The Hall–Kier alpha value is -2.01. The van der Waals surface area contributed by atoms with E-state index >= 15 is 0 Å². The largest absolute Gasteiger partial charge is 0.497 e. The van der Waals surface area contributed by atoms with Crippen LogP contribution in [0, 0.1) is 0 Å². The Morgan fingerprint density at radius 3 is 2.57 bits per heavy atom. The number of ether oxygens (including phenoxy) is 1. The average molecular weight is 309 g/mol. The van der Waals surface area contributed by atoms with Gasteiger partial charge in [-0.1, -0.05) is 38.4 Å². The second-order valence-corrected chi connectivity index (χ2v) is 6.06. The van der Waals surface area contributed by atoms with Crippen LogP contribution in [0.1, 0.15) is 37.0 Å². The van der Waals surface area contributed by atoms with Gasteiger partial charge < -0.3 is 9.84 Å². The lowest BCUT2D eigenvalue weighted by Crippen LogP contribution is -2.18. The molecule has 0 spiro atoms. The van der Waals surface area contributed by atoms with E-state index in [2.05, 4.69) is 5.10 Å². The molecule has 0 aliphatic heterocycles. The minimum atomic E-state index is -1.15. The maximum atomic E-state index is 11.3. The number of methoxy groups -OCH3 is 1. The molecule has 0 unspecified atom stereocenters. The Labute approximate surface area is 128 Å². The van der Waals surface area contributed by atoms with Gasteiger partial charge in [-0.05, 0) is 12.1 Å². The zero-order chi connectivity index (χ0) is 15.8. The molecule has 6 heteroatoms. The van der Waals surface area contributed by atoms with E-state index < -0.39 is 5.97 Å². The van der Waals surface area contributed by atoms with E-state index in [1.165, 1.54) is 0 Å². The van der Waals surface area contributed by atoms with E-state index in [9.17, 15) is 9.90 Å². The summed E-state index contributed by atoms with van der Waals surface area (Å²) in [7, 11) is 1.57. The number of hydrogen-bond donors (Lipinski definition) is 1. The van der Waals surface area contributed by atoms with E-state index in [0.29, 0.717) is 17.1 Å². The Bertz CT molecular complexity index is 687. The molecule has 0 atom stereocenters. The third kappa shape index (κ3) is 2.88. The fraction of sp³-hybridized carbons (Fsp3) is 0.333. The van der Waals surface area contributed by atoms with Gasteiger partial charge in [-0.15, -0.1) is 0 Å². The first-order chi connectivity index (χ1) is 9.75. The van der Waals surface area contributed by atoms with Crippen LogP contribution in [-0.4, -0.2) is 28.0 Å². The van der Waals surface area contributed by atoms with Crippen molar-refractivity contribution in [3.63, 3.8) is 0 Å². The first-order valence-corrected chi connectivity index (χ1v) is 6.80. The van der Waals surface area contributed by atoms with Gasteiger partial charge in [-0.25, -0.2) is 9.48 Å². The van der Waals surface area contributed by atoms with Crippen molar-refractivity contribution >= 4 is 17.6 Å². The van der Waals surface area contributed by atoms with Gasteiger partial charge in [-0.3, -0.25) is 0 Å². The molecule has 0 bridgehead atoms. The lowest BCUT2D eigenvalue weighted by molar-refractivity contribution is 0.0690. The summed E-state index contributed by atoms with van der Waals surface area (Å²) in [6, 6.07) is 7.23. The van der Waals surface area contributed by atoms with Crippen LogP contribution in [0.25, 0.3) is 5.69 Å². The number of aromatic carboxylic acids is 1. The van der Waals surface area contributed by atoms with Crippen LogP contribution >= 0.6 is 11.6 Å². The van der Waals surface area contributed by atoms with Crippen LogP contribution in [0.3, 0.4) is 0 Å². The molecule has 1 heterocycles. The number of benzene rings is 1. The third-order valence-corrected chi connectivity index (χ3v) is 3.40. The van der Waals surface area contributed by atoms with Crippen molar-refractivity contribution in [1.29, 1.82) is 0 Å². The highest BCUT2D eigenvalue weighted by Crippen LogP contribution is 2.34. The molecule has 0 fully saturated rings. The molecule has 1 aromatic heterocycles. The fourth-order valence-corrected chi connectivity index (χ4v) is 2.59. The predicted octanol–water partition coefficient (Wildman–Crippen LogP) is 3.53. The molecule has 0 saturated carbocycles. The molecule has 1 aromatic carbocycles. The summed E-state index contributed by atoms with van der Waals surface area (Å²) in [6.07, 6.45) is 0. The average Bonchev–Trinajstić information content (AvgIpc) is 2.76. The molecule has 1 N–H and O–H groups in total. The van der Waals surface area contributed by atoms with Crippen LogP contribution in [0.4, 0.5) is 0 Å². The molecule has 0 aliphatic carbocycles. The third-order valence-electron chi connectivity index (χ3n) is 3.04. The van der Waals surface area contributed by atoms with Crippen LogP contribution in [-0.2, 0) is 5.41 Å². The maximum absolute atomic E-state index is 11.3. The fourth-order valence-electron chi connectivity index (χ4n) is 2.11. The number of rotatable bonds is 3. The van der Waals surface area contributed by atoms with Crippen molar-refractivity contribution < 1.29 is 14.6 Å². The highest BCUT2D eigenvalue weighted by atomic mass is 35.5. The van der Waals surface area contributed by atoms with E-state index in [0.717, 1.165) is 0 Å². The molecule has 0 aliphatic rings. The molecule has 2 rings (SSSR count). The normalized spacial score (nSPS) is 11.5. The Balaban J connectivity index is 2.72. The van der Waals surface area contributed by atoms with Crippen molar-refractivity contribution in [2.45, 2.75) is 26.2 Å². The minimum Gasteiger partial charge on any atom is -0.497 e. The highest BCUT2D eigenvalue weighted by Gasteiger charge is 2.29. The Morgan fingerprint density at radius 1 is 1.38 bits per heavy atom. The van der Waals surface area contributed by atoms with Crippen molar-refractivity contribution in [2.24, 2.45) is 0 Å². The molecule has 0 amide bonds. The number of carboxylic acids is 1. The van der Waals surface area contributed by atoms with Crippen LogP contribution in [0.15, 0.2) is 24.3 Å². The second kappa shape index (κ2) is 5.41. The van der Waals surface area contributed by atoms with Crippen LogP contribution in [0.5, 0.6) is 5.75 Å². The monoisotopic (exact) mass is 308 g/mol. The van der Waals surface area contributed by atoms with Crippen molar-refractivity contribution in [3.05, 3.63) is 40.7 Å². The van der Waals surface area contributed by atoms with E-state index in [-0.39, 0.29) is 16.1 Å². The predicted molar refractivity (Wildman–Crippen MR) is 80.8 cm³/mol. The lowest BCUT2D eigenvalue weighted by Gasteiger charge is -2.21. The second-order valence-electron chi connectivity index (χ2n) is 5.68. The molecule has 0 saturated heterocycles. The summed E-state index contributed by atoms with van der Waals surface area (Å²) in [4.78, 5) is 11.3. The van der Waals surface area contributed by atoms with Crippen molar-refractivity contribution in [2.75, 3.05) is 7.11 Å². The summed E-state index contributed by atoms with van der Waals surface area (Å²) in [5, 5.41) is 13.5. The lowest BCUT2D eigenvalue weighted by atomic mass is 9.91. The Kier molecular flexibility index (Phi) is 3.96. The maximum Gasteiger partial charge on any atom is 0.358 e. The summed E-state index contributed by atoms with van der Waals surface area (Å²) in [5.74, 6) is -0.483. The summed E-state index contributed by atoms with van der Waals surface area (Å²) in [6.45, 7) is 5.87. The first-order valence-electron chi connectivity index (χ1n) is 6.42. The number of aromatic nitrogens is 2. The zero-order valence-electron chi connectivity index (χ0n) is 12.3. The molecule has 5 nitrogen and oxygen atoms in total. The van der Waals surface area contributed by atoms with Gasteiger partial charge in [-0.2, -0.15) is 5.10 Å². The van der Waals surface area contributed by atoms with Gasteiger partial charge in [0.05, 0.1) is 23.5 Å². The van der Waals surface area contributed by atoms with Gasteiger partial charge in [0.15, 0.2) is 5.69 Å². The van der Waals surface area contributed by atoms with Crippen molar-refractivity contribution in [1.82, 2.24) is 9.78 Å². The molecular formula is C15H17ClN2O3. The minimum absolute atomic E-state index is 0.149. The van der Waals surface area contributed by atoms with Gasteiger partial charge in [0.1, 0.15) is 5.75 Å². The molecule has 0 radical (unpaired) electrons. The summed E-state index contributed by atoms with van der Waals surface area (Å²) in [5.41, 5.74) is 0.842. The van der Waals surface area contributed by atoms with Crippen molar-refractivity contribution in [3.8, 4) is 11.4 Å². The number of halogens is 1. The van der Waals surface area contributed by atoms with Gasteiger partial charge >= 0.3 is 5.97 Å². The van der Waals surface area contributed by atoms with Crippen LogP contribution in [0.2, 0.25) is 5.02 Å². The first kappa shape index (κ1) is 15.4. The van der Waals surface area contributed by atoms with E-state index in [1.54, 1.807) is 17.9 Å². The van der Waals surface area contributed by atoms with Gasteiger partial charge in [0.25, 0.3) is 0 Å². The molecule has 21 heavy (non-hydrogen) atoms. The topological polar surface area (TPSA) is 64.4 Å². The molecule has 2 aromatic rings. The Morgan fingerprint density at radius 2 is 2.05 bits per heavy atom. The van der Waals surface area contributed by atoms with E-state index in [4.69, 9.17) is 16.3 Å². The van der Waals surface area contributed by atoms with Gasteiger partial charge in [0, 0.05) is 11.5 Å². The number of hydrogen-bond acceptors (Lipinski definition) is 3. The smallest absolute Gasteiger partial charge is 0.358 e. The van der Waals surface area contributed by atoms with Crippen LogP contribution < -0.4 is 4.74 Å². The number of carbonyl (C=O) groups is 1.